The third kappa shape index (κ3) is 2.03. The Labute approximate surface area is 99.5 Å². The summed E-state index contributed by atoms with van der Waals surface area (Å²) in [5.41, 5.74) is 7.10. The summed E-state index contributed by atoms with van der Waals surface area (Å²) in [6.07, 6.45) is 0. The fourth-order valence-electron chi connectivity index (χ4n) is 1.76. The molecule has 1 aromatic carbocycles. The molecule has 17 heavy (non-hydrogen) atoms. The summed E-state index contributed by atoms with van der Waals surface area (Å²) in [5, 5.41) is 17.0. The Morgan fingerprint density at radius 1 is 1.41 bits per heavy atom. The van der Waals surface area contributed by atoms with Gasteiger partial charge in [0.2, 0.25) is 0 Å². The molecule has 86 valence electrons. The third-order valence-corrected chi connectivity index (χ3v) is 2.58. The summed E-state index contributed by atoms with van der Waals surface area (Å²) in [5.74, 6) is 1.51. The normalized spacial score (nSPS) is 10.2. The molecule has 1 aromatic heterocycles. The standard InChI is InChI=1S/C12H13N5/c1-2-17-11(8-14)15-16-12(17)10-5-3-4-9(6-10)7-13/h3-6H,2,8,14H2,1H3. The summed E-state index contributed by atoms with van der Waals surface area (Å²) in [4.78, 5) is 0. The van der Waals surface area contributed by atoms with Crippen LogP contribution in [0.4, 0.5) is 0 Å². The van der Waals surface area contributed by atoms with Crippen LogP contribution in [0.2, 0.25) is 0 Å². The average molecular weight is 227 g/mol. The first kappa shape index (κ1) is 11.3. The molecule has 5 nitrogen and oxygen atoms in total. The lowest BCUT2D eigenvalue weighted by Gasteiger charge is -2.06. The molecule has 0 aliphatic rings. The van der Waals surface area contributed by atoms with E-state index in [0.717, 1.165) is 23.8 Å². The van der Waals surface area contributed by atoms with Crippen molar-refractivity contribution in [3.8, 4) is 17.5 Å². The predicted molar refractivity (Wildman–Crippen MR) is 63.7 cm³/mol. The largest absolute Gasteiger partial charge is 0.324 e. The smallest absolute Gasteiger partial charge is 0.164 e. The van der Waals surface area contributed by atoms with E-state index in [1.165, 1.54) is 0 Å². The van der Waals surface area contributed by atoms with E-state index in [-0.39, 0.29) is 0 Å². The summed E-state index contributed by atoms with van der Waals surface area (Å²) in [6.45, 7) is 3.13. The number of nitrogens with two attached hydrogens (primary N) is 1. The summed E-state index contributed by atoms with van der Waals surface area (Å²) < 4.78 is 1.95. The van der Waals surface area contributed by atoms with Gasteiger partial charge in [-0.05, 0) is 19.1 Å². The molecule has 0 saturated carbocycles. The van der Waals surface area contributed by atoms with Gasteiger partial charge in [0.15, 0.2) is 5.82 Å². The van der Waals surface area contributed by atoms with Crippen LogP contribution in [0.15, 0.2) is 24.3 Å². The molecule has 0 aliphatic carbocycles. The Balaban J connectivity index is 2.53. The van der Waals surface area contributed by atoms with Crippen molar-refractivity contribution < 1.29 is 0 Å². The number of nitriles is 1. The SMILES string of the molecule is CCn1c(CN)nnc1-c1cccc(C#N)c1. The van der Waals surface area contributed by atoms with E-state index in [9.17, 15) is 0 Å². The van der Waals surface area contributed by atoms with Gasteiger partial charge in [-0.15, -0.1) is 10.2 Å². The number of rotatable bonds is 3. The molecule has 1 heterocycles. The molecular weight excluding hydrogens is 214 g/mol. The Morgan fingerprint density at radius 2 is 2.24 bits per heavy atom. The highest BCUT2D eigenvalue weighted by Gasteiger charge is 2.11. The van der Waals surface area contributed by atoms with Crippen LogP contribution in [0.5, 0.6) is 0 Å². The number of aromatic nitrogens is 3. The van der Waals surface area contributed by atoms with Gasteiger partial charge in [-0.1, -0.05) is 12.1 Å². The van der Waals surface area contributed by atoms with Crippen LogP contribution in [0, 0.1) is 11.3 Å². The minimum atomic E-state index is 0.360. The van der Waals surface area contributed by atoms with Gasteiger partial charge in [-0.25, -0.2) is 0 Å². The average Bonchev–Trinajstić information content (AvgIpc) is 2.81. The van der Waals surface area contributed by atoms with Gasteiger partial charge < -0.3 is 10.3 Å². The van der Waals surface area contributed by atoms with Crippen molar-refractivity contribution in [3.05, 3.63) is 35.7 Å². The van der Waals surface area contributed by atoms with Crippen LogP contribution in [0.1, 0.15) is 18.3 Å². The number of nitrogens with zero attached hydrogens (tertiary/aromatic N) is 4. The maximum Gasteiger partial charge on any atom is 0.164 e. The molecule has 0 atom stereocenters. The zero-order chi connectivity index (χ0) is 12.3. The first-order valence-electron chi connectivity index (χ1n) is 5.42. The molecule has 2 N–H and O–H groups in total. The summed E-state index contributed by atoms with van der Waals surface area (Å²) in [6, 6.07) is 9.43. The van der Waals surface area contributed by atoms with Gasteiger partial charge in [-0.3, -0.25) is 0 Å². The van der Waals surface area contributed by atoms with Crippen molar-refractivity contribution in [2.24, 2.45) is 5.73 Å². The maximum absolute atomic E-state index is 8.87. The molecule has 2 aromatic rings. The second-order valence-electron chi connectivity index (χ2n) is 3.58. The Hall–Kier alpha value is -2.19. The van der Waals surface area contributed by atoms with Crippen molar-refractivity contribution in [1.82, 2.24) is 14.8 Å². The first-order chi connectivity index (χ1) is 8.30. The highest BCUT2D eigenvalue weighted by atomic mass is 15.3. The third-order valence-electron chi connectivity index (χ3n) is 2.58. The van der Waals surface area contributed by atoms with E-state index < -0.39 is 0 Å². The fourth-order valence-corrected chi connectivity index (χ4v) is 1.76. The molecule has 5 heteroatoms. The van der Waals surface area contributed by atoms with E-state index in [2.05, 4.69) is 16.3 Å². The molecule has 0 fully saturated rings. The Morgan fingerprint density at radius 3 is 2.88 bits per heavy atom. The van der Waals surface area contributed by atoms with Crippen LogP contribution in [0.3, 0.4) is 0 Å². The molecule has 0 radical (unpaired) electrons. The van der Waals surface area contributed by atoms with Crippen molar-refractivity contribution in [3.63, 3.8) is 0 Å². The quantitative estimate of drug-likeness (QED) is 0.856. The zero-order valence-electron chi connectivity index (χ0n) is 9.59. The van der Waals surface area contributed by atoms with E-state index in [1.807, 2.05) is 23.6 Å². The molecule has 0 aliphatic heterocycles. The molecule has 0 amide bonds. The highest BCUT2D eigenvalue weighted by Crippen LogP contribution is 2.19. The van der Waals surface area contributed by atoms with E-state index in [1.54, 1.807) is 12.1 Å². The Bertz CT molecular complexity index is 565. The van der Waals surface area contributed by atoms with Gasteiger partial charge in [0, 0.05) is 12.1 Å². The van der Waals surface area contributed by atoms with Crippen molar-refractivity contribution in [2.75, 3.05) is 0 Å². The molecule has 0 saturated heterocycles. The second-order valence-corrected chi connectivity index (χ2v) is 3.58. The summed E-state index contributed by atoms with van der Waals surface area (Å²) in [7, 11) is 0. The topological polar surface area (TPSA) is 80.5 Å². The second kappa shape index (κ2) is 4.76. The zero-order valence-corrected chi connectivity index (χ0v) is 9.59. The van der Waals surface area contributed by atoms with Gasteiger partial charge in [0.1, 0.15) is 5.82 Å². The van der Waals surface area contributed by atoms with Crippen LogP contribution < -0.4 is 5.73 Å². The van der Waals surface area contributed by atoms with E-state index in [4.69, 9.17) is 11.0 Å². The molecule has 0 bridgehead atoms. The van der Waals surface area contributed by atoms with E-state index >= 15 is 0 Å². The lowest BCUT2D eigenvalue weighted by molar-refractivity contribution is 0.704. The number of benzene rings is 1. The minimum Gasteiger partial charge on any atom is -0.324 e. The number of hydrogen-bond donors (Lipinski definition) is 1. The van der Waals surface area contributed by atoms with Gasteiger partial charge in [0.25, 0.3) is 0 Å². The van der Waals surface area contributed by atoms with Crippen LogP contribution in [0.25, 0.3) is 11.4 Å². The monoisotopic (exact) mass is 227 g/mol. The summed E-state index contributed by atoms with van der Waals surface area (Å²) >= 11 is 0. The van der Waals surface area contributed by atoms with Crippen molar-refractivity contribution >= 4 is 0 Å². The number of hydrogen-bond acceptors (Lipinski definition) is 4. The van der Waals surface area contributed by atoms with Crippen LogP contribution in [-0.2, 0) is 13.1 Å². The maximum atomic E-state index is 8.87. The van der Waals surface area contributed by atoms with Gasteiger partial charge in [0.05, 0.1) is 18.2 Å². The van der Waals surface area contributed by atoms with Crippen molar-refractivity contribution in [1.29, 1.82) is 5.26 Å². The molecule has 2 rings (SSSR count). The minimum absolute atomic E-state index is 0.360. The lowest BCUT2D eigenvalue weighted by Crippen LogP contribution is -2.08. The molecular formula is C12H13N5. The molecule has 0 spiro atoms. The molecule has 0 unspecified atom stereocenters. The van der Waals surface area contributed by atoms with Crippen LogP contribution in [-0.4, -0.2) is 14.8 Å². The van der Waals surface area contributed by atoms with Gasteiger partial charge in [-0.2, -0.15) is 5.26 Å². The van der Waals surface area contributed by atoms with Gasteiger partial charge >= 0.3 is 0 Å². The Kier molecular flexibility index (Phi) is 3.17. The van der Waals surface area contributed by atoms with Crippen molar-refractivity contribution in [2.45, 2.75) is 20.0 Å². The lowest BCUT2D eigenvalue weighted by atomic mass is 10.1. The van der Waals surface area contributed by atoms with Crippen LogP contribution >= 0.6 is 0 Å². The first-order valence-corrected chi connectivity index (χ1v) is 5.42. The van der Waals surface area contributed by atoms with E-state index in [0.29, 0.717) is 12.1 Å². The highest BCUT2D eigenvalue weighted by molar-refractivity contribution is 5.58. The fraction of sp³-hybridized carbons (Fsp3) is 0.250. The predicted octanol–water partition coefficient (Wildman–Crippen LogP) is 1.30.